The summed E-state index contributed by atoms with van der Waals surface area (Å²) in [6, 6.07) is 9.30. The maximum absolute atomic E-state index is 4.66. The molecule has 1 aromatic heterocycles. The minimum absolute atomic E-state index is 0.588. The van der Waals surface area contributed by atoms with Crippen molar-refractivity contribution in [2.24, 2.45) is 0 Å². The molecule has 20 heavy (non-hydrogen) atoms. The lowest BCUT2D eigenvalue weighted by molar-refractivity contribution is 0.740. The highest BCUT2D eigenvalue weighted by atomic mass is 15.2. The molecule has 0 unspecified atom stereocenters. The van der Waals surface area contributed by atoms with Crippen molar-refractivity contribution in [1.29, 1.82) is 0 Å². The summed E-state index contributed by atoms with van der Waals surface area (Å²) in [6.07, 6.45) is 8.38. The first-order valence-corrected chi connectivity index (χ1v) is 7.68. The number of hydrogen-bond acceptors (Lipinski definition) is 2. The van der Waals surface area contributed by atoms with E-state index in [1.54, 1.807) is 0 Å². The first-order valence-electron chi connectivity index (χ1n) is 7.68. The number of imidazole rings is 1. The molecular formula is C17H23N3. The molecule has 0 atom stereocenters. The van der Waals surface area contributed by atoms with Crippen LogP contribution in [0.25, 0.3) is 5.69 Å². The molecule has 1 aromatic carbocycles. The van der Waals surface area contributed by atoms with Gasteiger partial charge in [-0.1, -0.05) is 31.9 Å². The van der Waals surface area contributed by atoms with Crippen LogP contribution in [-0.4, -0.2) is 15.6 Å². The van der Waals surface area contributed by atoms with Gasteiger partial charge in [0.2, 0.25) is 5.95 Å². The van der Waals surface area contributed by atoms with E-state index in [2.05, 4.69) is 59.2 Å². The van der Waals surface area contributed by atoms with Crippen LogP contribution >= 0.6 is 0 Å². The molecule has 2 aromatic rings. The molecular weight excluding hydrogens is 246 g/mol. The quantitative estimate of drug-likeness (QED) is 0.905. The first-order chi connectivity index (χ1) is 9.76. The van der Waals surface area contributed by atoms with E-state index in [9.17, 15) is 0 Å². The fraction of sp³-hybridized carbons (Fsp3) is 0.471. The zero-order chi connectivity index (χ0) is 13.9. The second kappa shape index (κ2) is 5.70. The molecule has 0 spiro atoms. The molecule has 3 heteroatoms. The fourth-order valence-corrected chi connectivity index (χ4v) is 2.98. The highest BCUT2D eigenvalue weighted by molar-refractivity contribution is 5.45. The highest BCUT2D eigenvalue weighted by Gasteiger charge is 2.17. The Hall–Kier alpha value is -1.77. The van der Waals surface area contributed by atoms with Crippen molar-refractivity contribution in [2.75, 3.05) is 5.32 Å². The number of nitrogens with zero attached hydrogens (tertiary/aromatic N) is 2. The smallest absolute Gasteiger partial charge is 0.207 e. The molecule has 3 nitrogen and oxygen atoms in total. The second-order valence-electron chi connectivity index (χ2n) is 5.73. The lowest BCUT2D eigenvalue weighted by Crippen LogP contribution is -2.17. The van der Waals surface area contributed by atoms with E-state index in [1.807, 2.05) is 0 Å². The van der Waals surface area contributed by atoms with E-state index in [-0.39, 0.29) is 0 Å². The van der Waals surface area contributed by atoms with Crippen LogP contribution in [0.3, 0.4) is 0 Å². The van der Waals surface area contributed by atoms with Gasteiger partial charge in [0.05, 0.1) is 5.69 Å². The van der Waals surface area contributed by atoms with E-state index in [0.717, 1.165) is 18.1 Å². The monoisotopic (exact) mass is 269 g/mol. The largest absolute Gasteiger partial charge is 0.353 e. The van der Waals surface area contributed by atoms with Crippen LogP contribution in [0.4, 0.5) is 5.95 Å². The molecule has 0 amide bonds. The van der Waals surface area contributed by atoms with Crippen LogP contribution in [0.15, 0.2) is 30.5 Å². The van der Waals surface area contributed by atoms with E-state index in [1.165, 1.54) is 36.9 Å². The molecule has 1 fully saturated rings. The molecule has 106 valence electrons. The van der Waals surface area contributed by atoms with Crippen LogP contribution in [0.2, 0.25) is 0 Å². The highest BCUT2D eigenvalue weighted by Crippen LogP contribution is 2.24. The average molecular weight is 269 g/mol. The van der Waals surface area contributed by atoms with Crippen LogP contribution in [0.1, 0.15) is 43.9 Å². The van der Waals surface area contributed by atoms with Gasteiger partial charge in [-0.15, -0.1) is 0 Å². The zero-order valence-corrected chi connectivity index (χ0v) is 12.4. The van der Waals surface area contributed by atoms with Crippen molar-refractivity contribution in [2.45, 2.75) is 52.0 Å². The Morgan fingerprint density at radius 3 is 2.85 bits per heavy atom. The SMILES string of the molecule is CCc1cccc(-n2cc(C)nc2NC2CCCC2)c1. The molecule has 0 radical (unpaired) electrons. The van der Waals surface area contributed by atoms with Crippen molar-refractivity contribution in [3.05, 3.63) is 41.7 Å². The maximum atomic E-state index is 4.66. The maximum Gasteiger partial charge on any atom is 0.207 e. The van der Waals surface area contributed by atoms with Gasteiger partial charge in [0.1, 0.15) is 0 Å². The molecule has 1 N–H and O–H groups in total. The minimum Gasteiger partial charge on any atom is -0.353 e. The molecule has 1 saturated carbocycles. The van der Waals surface area contributed by atoms with Crippen molar-refractivity contribution in [1.82, 2.24) is 9.55 Å². The van der Waals surface area contributed by atoms with Crippen molar-refractivity contribution >= 4 is 5.95 Å². The first kappa shape index (κ1) is 13.2. The molecule has 1 aliphatic rings. The summed E-state index contributed by atoms with van der Waals surface area (Å²) in [7, 11) is 0. The van der Waals surface area contributed by atoms with Gasteiger partial charge in [0.25, 0.3) is 0 Å². The number of hydrogen-bond donors (Lipinski definition) is 1. The van der Waals surface area contributed by atoms with Gasteiger partial charge in [-0.05, 0) is 43.9 Å². The van der Waals surface area contributed by atoms with Crippen molar-refractivity contribution in [3.8, 4) is 5.69 Å². The van der Waals surface area contributed by atoms with E-state index < -0.39 is 0 Å². The summed E-state index contributed by atoms with van der Waals surface area (Å²) < 4.78 is 2.19. The van der Waals surface area contributed by atoms with E-state index in [0.29, 0.717) is 6.04 Å². The van der Waals surface area contributed by atoms with Crippen molar-refractivity contribution in [3.63, 3.8) is 0 Å². The van der Waals surface area contributed by atoms with Crippen LogP contribution < -0.4 is 5.32 Å². The normalized spacial score (nSPS) is 15.7. The molecule has 0 bridgehead atoms. The topological polar surface area (TPSA) is 29.9 Å². The Balaban J connectivity index is 1.91. The third-order valence-electron chi connectivity index (χ3n) is 4.11. The standard InChI is InChI=1S/C17H23N3/c1-3-14-7-6-10-16(11-14)20-12-13(2)18-17(20)19-15-8-4-5-9-15/h6-7,10-12,15H,3-5,8-9H2,1-2H3,(H,18,19). The predicted molar refractivity (Wildman–Crippen MR) is 83.6 cm³/mol. The third-order valence-corrected chi connectivity index (χ3v) is 4.11. The van der Waals surface area contributed by atoms with Gasteiger partial charge in [-0.2, -0.15) is 0 Å². The average Bonchev–Trinajstić information content (AvgIpc) is 3.09. The summed E-state index contributed by atoms with van der Waals surface area (Å²) in [4.78, 5) is 4.66. The van der Waals surface area contributed by atoms with Gasteiger partial charge in [-0.3, -0.25) is 4.57 Å². The second-order valence-corrected chi connectivity index (χ2v) is 5.73. The van der Waals surface area contributed by atoms with Gasteiger partial charge in [-0.25, -0.2) is 4.98 Å². The summed E-state index contributed by atoms with van der Waals surface area (Å²) >= 11 is 0. The Morgan fingerprint density at radius 2 is 2.10 bits per heavy atom. The summed E-state index contributed by atoms with van der Waals surface area (Å²) in [6.45, 7) is 4.25. The molecule has 1 heterocycles. The lowest BCUT2D eigenvalue weighted by atomic mass is 10.1. The van der Waals surface area contributed by atoms with Gasteiger partial charge in [0.15, 0.2) is 0 Å². The van der Waals surface area contributed by atoms with Gasteiger partial charge in [0, 0.05) is 17.9 Å². The Morgan fingerprint density at radius 1 is 1.30 bits per heavy atom. The Labute approximate surface area is 121 Å². The molecule has 0 saturated heterocycles. The lowest BCUT2D eigenvalue weighted by Gasteiger charge is -2.15. The van der Waals surface area contributed by atoms with Crippen molar-refractivity contribution < 1.29 is 0 Å². The minimum atomic E-state index is 0.588. The van der Waals surface area contributed by atoms with Gasteiger partial charge < -0.3 is 5.32 Å². The molecule has 0 aliphatic heterocycles. The van der Waals surface area contributed by atoms with Crippen LogP contribution in [0, 0.1) is 6.92 Å². The van der Waals surface area contributed by atoms with Crippen LogP contribution in [-0.2, 0) is 6.42 Å². The van der Waals surface area contributed by atoms with E-state index >= 15 is 0 Å². The number of nitrogens with one attached hydrogen (secondary N) is 1. The van der Waals surface area contributed by atoms with Gasteiger partial charge >= 0.3 is 0 Å². The molecule has 1 aliphatic carbocycles. The van der Waals surface area contributed by atoms with E-state index in [4.69, 9.17) is 0 Å². The zero-order valence-electron chi connectivity index (χ0n) is 12.4. The summed E-state index contributed by atoms with van der Waals surface area (Å²) in [5.74, 6) is 0.989. The third kappa shape index (κ3) is 2.72. The summed E-state index contributed by atoms with van der Waals surface area (Å²) in [5.41, 5.74) is 3.62. The Kier molecular flexibility index (Phi) is 3.77. The number of benzene rings is 1. The fourth-order valence-electron chi connectivity index (χ4n) is 2.98. The predicted octanol–water partition coefficient (Wildman–Crippen LogP) is 4.10. The number of aromatic nitrogens is 2. The number of aryl methyl sites for hydroxylation is 2. The Bertz CT molecular complexity index is 580. The molecule has 3 rings (SSSR count). The van der Waals surface area contributed by atoms with Crippen LogP contribution in [0.5, 0.6) is 0 Å². The number of rotatable bonds is 4. The summed E-state index contributed by atoms with van der Waals surface area (Å²) in [5, 5.41) is 3.62. The number of anilines is 1.